The fraction of sp³-hybridized carbons (Fsp3) is 0.621. The summed E-state index contributed by atoms with van der Waals surface area (Å²) < 4.78 is 36.7. The number of carbonyl (C=O) groups excluding carboxylic acids is 1. The molecular weight excluding hydrogens is 460 g/mol. The average molecular weight is 503 g/mol. The van der Waals surface area contributed by atoms with E-state index in [4.69, 9.17) is 9.47 Å². The first kappa shape index (κ1) is 30.6. The number of sulfone groups is 1. The zero-order valence-corrected chi connectivity index (χ0v) is 23.1. The Hall–Kier alpha value is -2.44. The van der Waals surface area contributed by atoms with Crippen molar-refractivity contribution >= 4 is 15.8 Å². The average Bonchev–Trinajstić information content (AvgIpc) is 2.80. The van der Waals surface area contributed by atoms with Crippen molar-refractivity contribution in [3.63, 3.8) is 0 Å². The number of carbonyl (C=O) groups is 1. The summed E-state index contributed by atoms with van der Waals surface area (Å²) in [5, 5.41) is 0. The first-order valence-corrected chi connectivity index (χ1v) is 14.1. The van der Waals surface area contributed by atoms with E-state index in [1.165, 1.54) is 19.2 Å². The van der Waals surface area contributed by atoms with Gasteiger partial charge in [-0.3, -0.25) is 0 Å². The Morgan fingerprint density at radius 3 is 2.00 bits per heavy atom. The van der Waals surface area contributed by atoms with Gasteiger partial charge in [0.15, 0.2) is 0 Å². The smallest absolute Gasteiger partial charge is 0.341 e. The lowest BCUT2D eigenvalue weighted by molar-refractivity contribution is -0.156. The van der Waals surface area contributed by atoms with Crippen LogP contribution in [0, 0.1) is 23.7 Å². The van der Waals surface area contributed by atoms with Gasteiger partial charge < -0.3 is 9.47 Å². The number of hydrogen-bond donors (Lipinski definition) is 0. The first-order chi connectivity index (χ1) is 16.5. The predicted molar refractivity (Wildman–Crippen MR) is 142 cm³/mol. The van der Waals surface area contributed by atoms with Crippen LogP contribution in [0.25, 0.3) is 0 Å². The lowest BCUT2D eigenvalue weighted by atomic mass is 10.0. The number of rotatable bonds is 12. The summed E-state index contributed by atoms with van der Waals surface area (Å²) >= 11 is 0. The first-order valence-electron chi connectivity index (χ1n) is 12.6. The highest BCUT2D eigenvalue weighted by atomic mass is 32.2. The van der Waals surface area contributed by atoms with E-state index in [0.29, 0.717) is 18.6 Å². The molecule has 194 valence electrons. The topological polar surface area (TPSA) is 69.7 Å². The van der Waals surface area contributed by atoms with E-state index in [0.717, 1.165) is 44.9 Å². The van der Waals surface area contributed by atoms with E-state index in [9.17, 15) is 13.2 Å². The summed E-state index contributed by atoms with van der Waals surface area (Å²) in [6.07, 6.45) is 7.98. The predicted octanol–water partition coefficient (Wildman–Crippen LogP) is 6.50. The maximum atomic E-state index is 14.0. The fourth-order valence-corrected chi connectivity index (χ4v) is 4.97. The minimum atomic E-state index is -4.26. The van der Waals surface area contributed by atoms with Crippen LogP contribution in [0.5, 0.6) is 5.75 Å². The van der Waals surface area contributed by atoms with Gasteiger partial charge in [-0.15, -0.1) is 11.8 Å². The van der Waals surface area contributed by atoms with Crippen molar-refractivity contribution < 1.29 is 22.7 Å². The van der Waals surface area contributed by atoms with Crippen LogP contribution in [0.2, 0.25) is 0 Å². The van der Waals surface area contributed by atoms with E-state index in [1.807, 2.05) is 0 Å². The Labute approximate surface area is 213 Å². The Bertz CT molecular complexity index is 1010. The SMILES string of the molecule is CCCCCC#CCC(C#CCCCCCC)(C(=O)OC(C)(C)C)S(=O)(=O)c1ccc(OC)cc1. The molecule has 1 aromatic rings. The van der Waals surface area contributed by atoms with Gasteiger partial charge in [0.05, 0.1) is 18.4 Å². The molecule has 0 N–H and O–H groups in total. The van der Waals surface area contributed by atoms with Gasteiger partial charge in [0, 0.05) is 12.8 Å². The minimum absolute atomic E-state index is 0.0165. The molecule has 1 rings (SSSR count). The molecule has 0 fully saturated rings. The quantitative estimate of drug-likeness (QED) is 0.185. The van der Waals surface area contributed by atoms with Crippen LogP contribution in [-0.4, -0.2) is 31.8 Å². The van der Waals surface area contributed by atoms with Crippen molar-refractivity contribution in [1.29, 1.82) is 0 Å². The molecule has 0 radical (unpaired) electrons. The standard InChI is InChI=1S/C29H42O5S/c1-7-9-11-13-15-17-23-29(27(30)34-28(3,4)5,24-18-16-14-12-10-8-2)35(31,32)26-21-19-25(33-6)20-22-26/h19-22H,7-15,24H2,1-6H3. The fourth-order valence-electron chi connectivity index (χ4n) is 3.34. The number of methoxy groups -OCH3 is 1. The van der Waals surface area contributed by atoms with Crippen molar-refractivity contribution in [3.05, 3.63) is 24.3 Å². The number of hydrogen-bond acceptors (Lipinski definition) is 5. The van der Waals surface area contributed by atoms with Crippen LogP contribution >= 0.6 is 0 Å². The van der Waals surface area contributed by atoms with Crippen LogP contribution in [0.4, 0.5) is 0 Å². The third kappa shape index (κ3) is 9.61. The van der Waals surface area contributed by atoms with Crippen LogP contribution < -0.4 is 4.74 Å². The highest BCUT2D eigenvalue weighted by Gasteiger charge is 2.52. The van der Waals surface area contributed by atoms with Gasteiger partial charge in [0.2, 0.25) is 14.6 Å². The van der Waals surface area contributed by atoms with Crippen LogP contribution in [0.15, 0.2) is 29.2 Å². The van der Waals surface area contributed by atoms with Crippen molar-refractivity contribution in [3.8, 4) is 29.4 Å². The minimum Gasteiger partial charge on any atom is -0.497 e. The van der Waals surface area contributed by atoms with Gasteiger partial charge in [0.1, 0.15) is 11.4 Å². The molecule has 0 amide bonds. The van der Waals surface area contributed by atoms with Crippen molar-refractivity contribution in [2.75, 3.05) is 7.11 Å². The van der Waals surface area contributed by atoms with Crippen molar-refractivity contribution in [1.82, 2.24) is 0 Å². The molecule has 0 aliphatic heterocycles. The Morgan fingerprint density at radius 2 is 1.43 bits per heavy atom. The molecule has 1 unspecified atom stereocenters. The Morgan fingerprint density at radius 1 is 0.857 bits per heavy atom. The second kappa shape index (κ2) is 14.8. The van der Waals surface area contributed by atoms with E-state index >= 15 is 0 Å². The summed E-state index contributed by atoms with van der Waals surface area (Å²) in [5.41, 5.74) is -0.880. The van der Waals surface area contributed by atoms with E-state index in [2.05, 4.69) is 37.5 Å². The molecular formula is C29H42O5S. The number of esters is 1. The number of benzene rings is 1. The van der Waals surface area contributed by atoms with Gasteiger partial charge in [-0.25, -0.2) is 13.2 Å². The highest BCUT2D eigenvalue weighted by Crippen LogP contribution is 2.33. The molecule has 0 aliphatic carbocycles. The molecule has 0 aliphatic rings. The molecule has 1 aromatic carbocycles. The molecule has 6 heteroatoms. The summed E-state index contributed by atoms with van der Waals surface area (Å²) in [6, 6.07) is 5.98. The molecule has 5 nitrogen and oxygen atoms in total. The molecule has 0 saturated carbocycles. The van der Waals surface area contributed by atoms with E-state index in [1.54, 1.807) is 32.9 Å². The third-order valence-corrected chi connectivity index (χ3v) is 7.59. The van der Waals surface area contributed by atoms with Gasteiger partial charge in [-0.05, 0) is 57.9 Å². The summed E-state index contributed by atoms with van der Waals surface area (Å²) in [4.78, 5) is 13.5. The van der Waals surface area contributed by atoms with E-state index in [-0.39, 0.29) is 11.3 Å². The third-order valence-electron chi connectivity index (χ3n) is 5.37. The normalized spacial score (nSPS) is 13.0. The monoisotopic (exact) mass is 502 g/mol. The molecule has 0 aromatic heterocycles. The molecule has 0 bridgehead atoms. The molecule has 0 saturated heterocycles. The van der Waals surface area contributed by atoms with Crippen LogP contribution in [-0.2, 0) is 19.4 Å². The molecule has 1 atom stereocenters. The molecule has 35 heavy (non-hydrogen) atoms. The Balaban J connectivity index is 3.56. The maximum absolute atomic E-state index is 14.0. The summed E-state index contributed by atoms with van der Waals surface area (Å²) in [6.45, 7) is 9.37. The van der Waals surface area contributed by atoms with Gasteiger partial charge in [-0.2, -0.15) is 0 Å². The van der Waals surface area contributed by atoms with Crippen molar-refractivity contribution in [2.24, 2.45) is 0 Å². The van der Waals surface area contributed by atoms with Gasteiger partial charge in [-0.1, -0.05) is 57.8 Å². The van der Waals surface area contributed by atoms with Crippen molar-refractivity contribution in [2.45, 2.75) is 114 Å². The van der Waals surface area contributed by atoms with Gasteiger partial charge in [0.25, 0.3) is 0 Å². The zero-order chi connectivity index (χ0) is 26.4. The molecule has 0 heterocycles. The largest absolute Gasteiger partial charge is 0.497 e. The maximum Gasteiger partial charge on any atom is 0.341 e. The van der Waals surface area contributed by atoms with Gasteiger partial charge >= 0.3 is 5.97 Å². The number of unbranched alkanes of at least 4 members (excludes halogenated alkanes) is 7. The second-order valence-electron chi connectivity index (χ2n) is 9.61. The lowest BCUT2D eigenvalue weighted by Gasteiger charge is -2.29. The number of ether oxygens (including phenoxy) is 2. The molecule has 0 spiro atoms. The summed E-state index contributed by atoms with van der Waals surface area (Å²) in [7, 11) is -2.75. The Kier molecular flexibility index (Phi) is 13.0. The van der Waals surface area contributed by atoms with Crippen LogP contribution in [0.1, 0.15) is 98.8 Å². The zero-order valence-electron chi connectivity index (χ0n) is 22.3. The van der Waals surface area contributed by atoms with Crippen LogP contribution in [0.3, 0.4) is 0 Å². The second-order valence-corrected chi connectivity index (χ2v) is 11.8. The summed E-state index contributed by atoms with van der Waals surface area (Å²) in [5.74, 6) is 11.5. The highest BCUT2D eigenvalue weighted by molar-refractivity contribution is 7.94. The van der Waals surface area contributed by atoms with E-state index < -0.39 is 26.2 Å². The lowest BCUT2D eigenvalue weighted by Crippen LogP contribution is -2.48.